The highest BCUT2D eigenvalue weighted by molar-refractivity contribution is 5.76. The summed E-state index contributed by atoms with van der Waals surface area (Å²) < 4.78 is 43.2. The van der Waals surface area contributed by atoms with Gasteiger partial charge in [0.25, 0.3) is 0 Å². The Hall–Kier alpha value is -1.56. The number of esters is 1. The number of benzene rings is 1. The number of likely N-dealkylation sites (N-methyl/N-ethyl adjacent to an activating group) is 1. The second-order valence-corrected chi connectivity index (χ2v) is 5.78. The van der Waals surface area contributed by atoms with Crippen molar-refractivity contribution in [1.82, 2.24) is 5.32 Å². The first-order valence-corrected chi connectivity index (χ1v) is 6.59. The fourth-order valence-corrected chi connectivity index (χ4v) is 1.79. The molecule has 0 bridgehead atoms. The third-order valence-corrected chi connectivity index (χ3v) is 2.73. The van der Waals surface area contributed by atoms with E-state index in [-0.39, 0.29) is 6.42 Å². The molecule has 1 rings (SSSR count). The zero-order valence-electron chi connectivity index (χ0n) is 12.5. The lowest BCUT2D eigenvalue weighted by molar-refractivity contribution is -0.157. The molecule has 0 fully saturated rings. The Morgan fingerprint density at radius 2 is 1.90 bits per heavy atom. The molecule has 118 valence electrons. The van der Waals surface area contributed by atoms with Gasteiger partial charge in [0.1, 0.15) is 11.6 Å². The lowest BCUT2D eigenvalue weighted by atomic mass is 10.0. The number of carbonyl (C=O) groups excluding carboxylic acids is 1. The minimum atomic E-state index is -4.39. The average molecular weight is 303 g/mol. The molecule has 6 heteroatoms. The van der Waals surface area contributed by atoms with E-state index in [2.05, 4.69) is 5.32 Å². The Labute approximate surface area is 122 Å². The van der Waals surface area contributed by atoms with Gasteiger partial charge >= 0.3 is 12.1 Å². The SMILES string of the molecule is CN[C@@H](Cc1cccc(C(F)(F)F)c1)C(=O)OC(C)(C)C. The summed E-state index contributed by atoms with van der Waals surface area (Å²) in [7, 11) is 1.57. The van der Waals surface area contributed by atoms with Crippen LogP contribution in [0.4, 0.5) is 13.2 Å². The number of nitrogens with one attached hydrogen (secondary N) is 1. The lowest BCUT2D eigenvalue weighted by Gasteiger charge is -2.24. The minimum Gasteiger partial charge on any atom is -0.459 e. The fourth-order valence-electron chi connectivity index (χ4n) is 1.79. The molecule has 1 N–H and O–H groups in total. The number of hydrogen-bond acceptors (Lipinski definition) is 3. The Kier molecular flexibility index (Phi) is 5.39. The molecule has 0 unspecified atom stereocenters. The Balaban J connectivity index is 2.85. The van der Waals surface area contributed by atoms with Crippen LogP contribution in [0.5, 0.6) is 0 Å². The molecule has 1 atom stereocenters. The first-order chi connectivity index (χ1) is 9.53. The highest BCUT2D eigenvalue weighted by Gasteiger charge is 2.31. The van der Waals surface area contributed by atoms with E-state index < -0.39 is 29.4 Å². The third kappa shape index (κ3) is 5.75. The van der Waals surface area contributed by atoms with Crippen molar-refractivity contribution in [2.75, 3.05) is 7.05 Å². The molecular formula is C15H20F3NO2. The molecule has 1 aromatic carbocycles. The largest absolute Gasteiger partial charge is 0.459 e. The third-order valence-electron chi connectivity index (χ3n) is 2.73. The van der Waals surface area contributed by atoms with E-state index in [1.807, 2.05) is 0 Å². The zero-order chi connectivity index (χ0) is 16.3. The van der Waals surface area contributed by atoms with Crippen molar-refractivity contribution in [2.45, 2.75) is 45.0 Å². The molecule has 0 heterocycles. The van der Waals surface area contributed by atoms with Gasteiger partial charge in [0.05, 0.1) is 5.56 Å². The van der Waals surface area contributed by atoms with Crippen LogP contribution in [-0.2, 0) is 22.1 Å². The van der Waals surface area contributed by atoms with Crippen molar-refractivity contribution in [3.63, 3.8) is 0 Å². The highest BCUT2D eigenvalue weighted by atomic mass is 19.4. The van der Waals surface area contributed by atoms with Crippen LogP contribution < -0.4 is 5.32 Å². The van der Waals surface area contributed by atoms with E-state index in [9.17, 15) is 18.0 Å². The molecule has 0 aliphatic carbocycles. The van der Waals surface area contributed by atoms with E-state index in [0.29, 0.717) is 5.56 Å². The lowest BCUT2D eigenvalue weighted by Crippen LogP contribution is -2.41. The number of halogens is 3. The quantitative estimate of drug-likeness (QED) is 0.868. The molecule has 1 aromatic rings. The summed E-state index contributed by atoms with van der Waals surface area (Å²) in [4.78, 5) is 12.0. The molecule has 0 amide bonds. The van der Waals surface area contributed by atoms with Crippen molar-refractivity contribution in [1.29, 1.82) is 0 Å². The second-order valence-electron chi connectivity index (χ2n) is 5.78. The van der Waals surface area contributed by atoms with Gasteiger partial charge in [-0.25, -0.2) is 0 Å². The molecule has 0 aromatic heterocycles. The van der Waals surface area contributed by atoms with Gasteiger partial charge in [-0.1, -0.05) is 18.2 Å². The molecule has 0 radical (unpaired) electrons. The van der Waals surface area contributed by atoms with E-state index >= 15 is 0 Å². The maximum Gasteiger partial charge on any atom is 0.416 e. The van der Waals surface area contributed by atoms with Crippen LogP contribution in [0.2, 0.25) is 0 Å². The molecule has 21 heavy (non-hydrogen) atoms. The van der Waals surface area contributed by atoms with Crippen molar-refractivity contribution >= 4 is 5.97 Å². The first-order valence-electron chi connectivity index (χ1n) is 6.59. The zero-order valence-corrected chi connectivity index (χ0v) is 12.5. The Morgan fingerprint density at radius 1 is 1.29 bits per heavy atom. The van der Waals surface area contributed by atoms with Crippen molar-refractivity contribution < 1.29 is 22.7 Å². The van der Waals surface area contributed by atoms with E-state index in [4.69, 9.17) is 4.74 Å². The predicted molar refractivity (Wildman–Crippen MR) is 73.8 cm³/mol. The summed E-state index contributed by atoms with van der Waals surface area (Å²) in [6.45, 7) is 5.21. The molecule has 0 spiro atoms. The Bertz CT molecular complexity index is 492. The monoisotopic (exact) mass is 303 g/mol. The van der Waals surface area contributed by atoms with Gasteiger partial charge in [0, 0.05) is 0 Å². The van der Waals surface area contributed by atoms with Gasteiger partial charge in [0.15, 0.2) is 0 Å². The van der Waals surface area contributed by atoms with Gasteiger partial charge in [0.2, 0.25) is 0 Å². The van der Waals surface area contributed by atoms with Crippen LogP contribution >= 0.6 is 0 Å². The van der Waals surface area contributed by atoms with Gasteiger partial charge in [-0.3, -0.25) is 4.79 Å². The fraction of sp³-hybridized carbons (Fsp3) is 0.533. The standard InChI is InChI=1S/C15H20F3NO2/c1-14(2,3)21-13(20)12(19-4)9-10-6-5-7-11(8-10)15(16,17)18/h5-8,12,19H,9H2,1-4H3/t12-/m0/s1. The molecule has 3 nitrogen and oxygen atoms in total. The van der Waals surface area contributed by atoms with Gasteiger partial charge in [-0.2, -0.15) is 13.2 Å². The van der Waals surface area contributed by atoms with Crippen molar-refractivity contribution in [2.24, 2.45) is 0 Å². The maximum absolute atomic E-state index is 12.7. The first kappa shape index (κ1) is 17.5. The van der Waals surface area contributed by atoms with Crippen LogP contribution in [0, 0.1) is 0 Å². The topological polar surface area (TPSA) is 38.3 Å². The maximum atomic E-state index is 12.7. The normalized spacial score (nSPS) is 13.9. The number of hydrogen-bond donors (Lipinski definition) is 1. The van der Waals surface area contributed by atoms with E-state index in [1.54, 1.807) is 33.9 Å². The smallest absolute Gasteiger partial charge is 0.416 e. The predicted octanol–water partition coefficient (Wildman–Crippen LogP) is 3.18. The van der Waals surface area contributed by atoms with Crippen LogP contribution in [0.3, 0.4) is 0 Å². The van der Waals surface area contributed by atoms with Crippen LogP contribution in [-0.4, -0.2) is 24.7 Å². The van der Waals surface area contributed by atoms with Gasteiger partial charge in [-0.15, -0.1) is 0 Å². The number of alkyl halides is 3. The minimum absolute atomic E-state index is 0.134. The molecule has 0 aliphatic rings. The van der Waals surface area contributed by atoms with E-state index in [1.165, 1.54) is 6.07 Å². The van der Waals surface area contributed by atoms with Crippen LogP contribution in [0.15, 0.2) is 24.3 Å². The summed E-state index contributed by atoms with van der Waals surface area (Å²) in [6.07, 6.45) is -4.26. The summed E-state index contributed by atoms with van der Waals surface area (Å²) in [5.74, 6) is -0.484. The van der Waals surface area contributed by atoms with Gasteiger partial charge in [-0.05, 0) is 45.9 Å². The van der Waals surface area contributed by atoms with Crippen LogP contribution in [0.25, 0.3) is 0 Å². The highest BCUT2D eigenvalue weighted by Crippen LogP contribution is 2.29. The summed E-state index contributed by atoms with van der Waals surface area (Å²) in [6, 6.07) is 4.26. The number of rotatable bonds is 4. The summed E-state index contributed by atoms with van der Waals surface area (Å²) in [5.41, 5.74) is -0.936. The van der Waals surface area contributed by atoms with Crippen molar-refractivity contribution in [3.05, 3.63) is 35.4 Å². The molecule has 0 aliphatic heterocycles. The second kappa shape index (κ2) is 6.47. The summed E-state index contributed by atoms with van der Waals surface area (Å²) >= 11 is 0. The number of ether oxygens (including phenoxy) is 1. The average Bonchev–Trinajstić information content (AvgIpc) is 2.33. The van der Waals surface area contributed by atoms with Gasteiger partial charge < -0.3 is 10.1 Å². The Morgan fingerprint density at radius 3 is 2.38 bits per heavy atom. The number of carbonyl (C=O) groups is 1. The van der Waals surface area contributed by atoms with Crippen molar-refractivity contribution in [3.8, 4) is 0 Å². The van der Waals surface area contributed by atoms with E-state index in [0.717, 1.165) is 12.1 Å². The van der Waals surface area contributed by atoms with Crippen LogP contribution in [0.1, 0.15) is 31.9 Å². The molecule has 0 saturated heterocycles. The molecule has 0 saturated carbocycles. The molecular weight excluding hydrogens is 283 g/mol. The summed E-state index contributed by atoms with van der Waals surface area (Å²) in [5, 5.41) is 2.78.